The van der Waals surface area contributed by atoms with E-state index in [0.29, 0.717) is 33.8 Å². The van der Waals surface area contributed by atoms with Crippen LogP contribution in [0.2, 0.25) is 0 Å². The maximum absolute atomic E-state index is 13.0. The number of carbonyl (C=O) groups excluding carboxylic acids is 6. The van der Waals surface area contributed by atoms with Crippen LogP contribution in [0.1, 0.15) is 36.9 Å². The first-order valence-electron chi connectivity index (χ1n) is 17.7. The van der Waals surface area contributed by atoms with E-state index in [0.717, 1.165) is 18.7 Å². The third-order valence-electron chi connectivity index (χ3n) is 7.98. The van der Waals surface area contributed by atoms with Gasteiger partial charge in [-0.05, 0) is 36.8 Å². The molecule has 20 heteroatoms. The summed E-state index contributed by atoms with van der Waals surface area (Å²) >= 11 is 0. The van der Waals surface area contributed by atoms with Gasteiger partial charge in [-0.25, -0.2) is 9.78 Å². The molecule has 0 N–H and O–H groups in total. The Labute approximate surface area is 330 Å². The number of aryl methyl sites for hydroxylation is 1. The molecule has 0 unspecified atom stereocenters. The van der Waals surface area contributed by atoms with Gasteiger partial charge < -0.3 is 61.3 Å². The minimum absolute atomic E-state index is 0.0147. The number of rotatable bonds is 12. The summed E-state index contributed by atoms with van der Waals surface area (Å²) in [5.74, 6) is -3.57. The highest BCUT2D eigenvalue weighted by molar-refractivity contribution is 5.90. The van der Waals surface area contributed by atoms with Crippen LogP contribution in [0, 0.1) is 6.92 Å². The minimum Gasteiger partial charge on any atom is -0.488 e. The van der Waals surface area contributed by atoms with Crippen LogP contribution < -0.4 is 19.3 Å². The lowest BCUT2D eigenvalue weighted by Gasteiger charge is -2.27. The Morgan fingerprint density at radius 2 is 1.22 bits per heavy atom. The van der Waals surface area contributed by atoms with Gasteiger partial charge in [-0.15, -0.1) is 0 Å². The SMILES string of the molecule is CC(=O)OCOC(=O)CN1CCOCCN(CC(=O)OCOC(C)=O)c2cc3oc(-c4ncc(C(=O)OCOC(C)=O)o4)cc3cc2OCCOc2cc(C)ccc21. The molecule has 0 atom stereocenters. The van der Waals surface area contributed by atoms with E-state index in [1.165, 1.54) is 13.8 Å². The average Bonchev–Trinajstić information content (AvgIpc) is 3.82. The first kappa shape index (κ1) is 42.3. The normalized spacial score (nSPS) is 13.3. The van der Waals surface area contributed by atoms with Crippen LogP contribution >= 0.6 is 0 Å². The summed E-state index contributed by atoms with van der Waals surface area (Å²) in [6.45, 7) is 3.73. The van der Waals surface area contributed by atoms with E-state index in [4.69, 9.17) is 46.7 Å². The molecule has 310 valence electrons. The van der Waals surface area contributed by atoms with Crippen molar-refractivity contribution in [2.75, 3.05) is 82.8 Å². The van der Waals surface area contributed by atoms with Crippen molar-refractivity contribution in [3.8, 4) is 23.1 Å². The third kappa shape index (κ3) is 12.3. The van der Waals surface area contributed by atoms with Gasteiger partial charge in [0.05, 0.1) is 30.8 Å². The molecule has 20 nitrogen and oxygen atoms in total. The van der Waals surface area contributed by atoms with Crippen LogP contribution in [-0.4, -0.2) is 114 Å². The Bertz CT molecular complexity index is 2110. The monoisotopic (exact) mass is 811 g/mol. The Morgan fingerprint density at radius 1 is 0.655 bits per heavy atom. The number of anilines is 2. The summed E-state index contributed by atoms with van der Waals surface area (Å²) in [5, 5.41) is 0.538. The van der Waals surface area contributed by atoms with Gasteiger partial charge in [0, 0.05) is 45.3 Å². The lowest BCUT2D eigenvalue weighted by Crippen LogP contribution is -2.36. The summed E-state index contributed by atoms with van der Waals surface area (Å²) in [4.78, 5) is 79.0. The van der Waals surface area contributed by atoms with Crippen molar-refractivity contribution >= 4 is 58.2 Å². The van der Waals surface area contributed by atoms with E-state index in [2.05, 4.69) is 9.72 Å². The van der Waals surface area contributed by atoms with Gasteiger partial charge in [-0.1, -0.05) is 6.07 Å². The van der Waals surface area contributed by atoms with Crippen LogP contribution in [-0.2, 0) is 57.1 Å². The molecule has 2 aromatic carbocycles. The first-order valence-corrected chi connectivity index (χ1v) is 17.7. The predicted molar refractivity (Wildman–Crippen MR) is 197 cm³/mol. The third-order valence-corrected chi connectivity index (χ3v) is 7.98. The average molecular weight is 812 g/mol. The molecule has 0 spiro atoms. The highest BCUT2D eigenvalue weighted by Crippen LogP contribution is 2.38. The number of nitrogens with zero attached hydrogens (tertiary/aromatic N) is 3. The minimum atomic E-state index is -0.918. The zero-order valence-electron chi connectivity index (χ0n) is 32.1. The standard InChI is InChI=1S/C38H41N3O17/c1-23-5-6-28-31(13-23)49-11-12-50-32-14-27-15-33(37-39-17-34(58-37)38(47)56-22-53-26(4)44)57-30(27)16-29(32)41(19-36(46)55-21-52-25(3)43)8-10-48-9-7-40(28)18-35(45)54-20-51-24(2)42/h5-6,13-17H,7-12,18-22H2,1-4H3. The fourth-order valence-electron chi connectivity index (χ4n) is 5.32. The molecule has 5 rings (SSSR count). The fourth-order valence-corrected chi connectivity index (χ4v) is 5.32. The molecule has 1 aliphatic heterocycles. The Balaban J connectivity index is 1.42. The molecular weight excluding hydrogens is 770 g/mol. The number of benzene rings is 2. The molecule has 0 fully saturated rings. The molecule has 0 saturated carbocycles. The second-order valence-corrected chi connectivity index (χ2v) is 12.3. The molecule has 0 bridgehead atoms. The van der Waals surface area contributed by atoms with E-state index >= 15 is 0 Å². The van der Waals surface area contributed by atoms with Crippen LogP contribution in [0.5, 0.6) is 11.5 Å². The van der Waals surface area contributed by atoms with Crippen LogP contribution in [0.4, 0.5) is 11.4 Å². The maximum atomic E-state index is 13.0. The fraction of sp³-hybridized carbons (Fsp3) is 0.395. The number of furan rings is 1. The molecule has 0 amide bonds. The van der Waals surface area contributed by atoms with E-state index < -0.39 is 56.2 Å². The summed E-state index contributed by atoms with van der Waals surface area (Å²) in [7, 11) is 0. The zero-order valence-corrected chi connectivity index (χ0v) is 32.1. The van der Waals surface area contributed by atoms with Crippen LogP contribution in [0.15, 0.2) is 51.4 Å². The van der Waals surface area contributed by atoms with Gasteiger partial charge in [0.25, 0.3) is 5.89 Å². The molecule has 1 aliphatic rings. The van der Waals surface area contributed by atoms with E-state index in [1.807, 2.05) is 19.1 Å². The molecule has 3 heterocycles. The second-order valence-electron chi connectivity index (χ2n) is 12.3. The number of carbonyl (C=O) groups is 6. The Hall–Kier alpha value is -6.83. The molecule has 0 saturated heterocycles. The molecule has 0 aliphatic carbocycles. The second kappa shape index (κ2) is 20.4. The van der Waals surface area contributed by atoms with Gasteiger partial charge in [-0.2, -0.15) is 0 Å². The lowest BCUT2D eigenvalue weighted by molar-refractivity contribution is -0.166. The number of ether oxygens (including phenoxy) is 9. The van der Waals surface area contributed by atoms with Crippen LogP contribution in [0.25, 0.3) is 22.6 Å². The quantitative estimate of drug-likeness (QED) is 0.113. The number of esters is 6. The van der Waals surface area contributed by atoms with E-state index in [9.17, 15) is 28.8 Å². The van der Waals surface area contributed by atoms with E-state index in [1.54, 1.807) is 34.1 Å². The summed E-state index contributed by atoms with van der Waals surface area (Å²) < 4.78 is 59.3. The molecule has 2 aromatic heterocycles. The van der Waals surface area contributed by atoms with Crippen molar-refractivity contribution in [2.24, 2.45) is 0 Å². The van der Waals surface area contributed by atoms with Gasteiger partial charge in [0.1, 0.15) is 43.4 Å². The number of fused-ring (bicyclic) bond motifs is 3. The summed E-state index contributed by atoms with van der Waals surface area (Å²) in [6, 6.07) is 10.4. The summed E-state index contributed by atoms with van der Waals surface area (Å²) in [5.41, 5.74) is 2.18. The molecule has 58 heavy (non-hydrogen) atoms. The highest BCUT2D eigenvalue weighted by Gasteiger charge is 2.24. The number of hydrogen-bond acceptors (Lipinski definition) is 20. The van der Waals surface area contributed by atoms with Crippen molar-refractivity contribution < 1.29 is 80.2 Å². The van der Waals surface area contributed by atoms with Crippen molar-refractivity contribution in [1.82, 2.24) is 4.98 Å². The lowest BCUT2D eigenvalue weighted by atomic mass is 10.2. The van der Waals surface area contributed by atoms with Crippen molar-refractivity contribution in [1.29, 1.82) is 0 Å². The summed E-state index contributed by atoms with van der Waals surface area (Å²) in [6.07, 6.45) is 1.13. The maximum Gasteiger partial charge on any atom is 0.378 e. The number of hydrogen-bond donors (Lipinski definition) is 0. The van der Waals surface area contributed by atoms with Crippen molar-refractivity contribution in [2.45, 2.75) is 27.7 Å². The number of oxazole rings is 1. The van der Waals surface area contributed by atoms with Gasteiger partial charge in [0.2, 0.25) is 26.1 Å². The Kier molecular flexibility index (Phi) is 14.9. The Morgan fingerprint density at radius 3 is 1.83 bits per heavy atom. The predicted octanol–water partition coefficient (Wildman–Crippen LogP) is 3.30. The van der Waals surface area contributed by atoms with Crippen molar-refractivity contribution in [3.63, 3.8) is 0 Å². The van der Waals surface area contributed by atoms with Crippen LogP contribution in [0.3, 0.4) is 0 Å². The molecular formula is C38H41N3O17. The number of aromatic nitrogens is 1. The zero-order chi connectivity index (χ0) is 41.6. The van der Waals surface area contributed by atoms with Gasteiger partial charge in [0.15, 0.2) is 5.76 Å². The largest absolute Gasteiger partial charge is 0.488 e. The van der Waals surface area contributed by atoms with E-state index in [-0.39, 0.29) is 70.0 Å². The molecule has 0 radical (unpaired) electrons. The van der Waals surface area contributed by atoms with Gasteiger partial charge >= 0.3 is 35.8 Å². The molecule has 4 aromatic rings. The first-order chi connectivity index (χ1) is 27.9. The van der Waals surface area contributed by atoms with Crippen molar-refractivity contribution in [3.05, 3.63) is 53.9 Å². The smallest absolute Gasteiger partial charge is 0.378 e. The topological polar surface area (TPSA) is 231 Å². The highest BCUT2D eigenvalue weighted by atomic mass is 16.7. The van der Waals surface area contributed by atoms with Gasteiger partial charge in [-0.3, -0.25) is 24.0 Å².